The van der Waals surface area contributed by atoms with Crippen molar-refractivity contribution in [3.8, 4) is 0 Å². The van der Waals surface area contributed by atoms with Gasteiger partial charge in [0, 0.05) is 6.61 Å². The summed E-state index contributed by atoms with van der Waals surface area (Å²) in [4.78, 5) is 0. The van der Waals surface area contributed by atoms with E-state index in [1.54, 1.807) is 13.0 Å². The Morgan fingerprint density at radius 3 is 2.17 bits per heavy atom. The number of halogens is 3. The highest BCUT2D eigenvalue weighted by Crippen LogP contribution is 2.40. The molecule has 140 valence electrons. The topological polar surface area (TPSA) is 9.23 Å². The molecule has 0 bridgehead atoms. The summed E-state index contributed by atoms with van der Waals surface area (Å²) in [6.07, 6.45) is 11.5. The van der Waals surface area contributed by atoms with E-state index < -0.39 is 12.1 Å². The van der Waals surface area contributed by atoms with Crippen LogP contribution in [0.25, 0.3) is 0 Å². The number of rotatable bonds is 7. The van der Waals surface area contributed by atoms with Gasteiger partial charge in [0.1, 0.15) is 0 Å². The summed E-state index contributed by atoms with van der Waals surface area (Å²) < 4.78 is 43.8. The highest BCUT2D eigenvalue weighted by atomic mass is 19.4. The molecule has 0 heterocycles. The molecule has 0 N–H and O–H groups in total. The predicted molar refractivity (Wildman–Crippen MR) is 91.8 cm³/mol. The molecule has 4 heteroatoms. The second-order valence-corrected chi connectivity index (χ2v) is 7.63. The summed E-state index contributed by atoms with van der Waals surface area (Å²) in [6.45, 7) is 1.84. The van der Waals surface area contributed by atoms with Crippen LogP contribution in [0.5, 0.6) is 0 Å². The Balaban J connectivity index is 1.72. The molecule has 1 unspecified atom stereocenters. The van der Waals surface area contributed by atoms with Gasteiger partial charge in [-0.25, -0.2) is 0 Å². The summed E-state index contributed by atoms with van der Waals surface area (Å²) in [6, 6.07) is 0. The molecule has 0 aliphatic heterocycles. The Kier molecular flexibility index (Phi) is 8.12. The van der Waals surface area contributed by atoms with E-state index in [0.717, 1.165) is 24.7 Å². The third kappa shape index (κ3) is 6.42. The molecule has 24 heavy (non-hydrogen) atoms. The van der Waals surface area contributed by atoms with Gasteiger partial charge in [0.2, 0.25) is 0 Å². The zero-order valence-electron chi connectivity index (χ0n) is 15.0. The lowest BCUT2D eigenvalue weighted by Crippen LogP contribution is -2.27. The summed E-state index contributed by atoms with van der Waals surface area (Å²) in [5.41, 5.74) is 0. The van der Waals surface area contributed by atoms with E-state index in [-0.39, 0.29) is 13.0 Å². The molecule has 0 amide bonds. The van der Waals surface area contributed by atoms with Crippen LogP contribution < -0.4 is 0 Å². The van der Waals surface area contributed by atoms with Crippen LogP contribution in [-0.2, 0) is 4.74 Å². The summed E-state index contributed by atoms with van der Waals surface area (Å²) in [5, 5.41) is 0. The normalized spacial score (nSPS) is 28.3. The lowest BCUT2D eigenvalue weighted by molar-refractivity contribution is -0.186. The van der Waals surface area contributed by atoms with Crippen molar-refractivity contribution in [1.82, 2.24) is 0 Å². The van der Waals surface area contributed by atoms with E-state index in [2.05, 4.69) is 0 Å². The van der Waals surface area contributed by atoms with E-state index in [0.29, 0.717) is 12.5 Å². The molecule has 2 rings (SSSR count). The van der Waals surface area contributed by atoms with Gasteiger partial charge in [-0.3, -0.25) is 0 Å². The molecule has 0 spiro atoms. The van der Waals surface area contributed by atoms with Gasteiger partial charge in [0.05, 0.1) is 12.5 Å². The molecule has 2 aliphatic carbocycles. The largest absolute Gasteiger partial charge is 0.394 e. The molecule has 0 aromatic heterocycles. The SMILES string of the molecule is CCOCC(CC=CC1CCC(C2CCCCC2)CC1)C(F)(F)F. The second kappa shape index (κ2) is 9.84. The molecular formula is C20H33F3O. The quantitative estimate of drug-likeness (QED) is 0.476. The first-order valence-corrected chi connectivity index (χ1v) is 9.81. The maximum atomic E-state index is 13.0. The van der Waals surface area contributed by atoms with Crippen molar-refractivity contribution in [3.63, 3.8) is 0 Å². The van der Waals surface area contributed by atoms with Gasteiger partial charge in [-0.15, -0.1) is 0 Å². The van der Waals surface area contributed by atoms with Crippen LogP contribution in [0, 0.1) is 23.7 Å². The highest BCUT2D eigenvalue weighted by molar-refractivity contribution is 4.94. The Bertz CT molecular complexity index is 364. The first-order chi connectivity index (χ1) is 11.5. The zero-order valence-corrected chi connectivity index (χ0v) is 15.0. The van der Waals surface area contributed by atoms with Crippen molar-refractivity contribution in [2.24, 2.45) is 23.7 Å². The van der Waals surface area contributed by atoms with Crippen molar-refractivity contribution >= 4 is 0 Å². The molecule has 2 saturated carbocycles. The van der Waals surface area contributed by atoms with Crippen molar-refractivity contribution < 1.29 is 17.9 Å². The minimum atomic E-state index is -4.17. The third-order valence-corrected chi connectivity index (χ3v) is 5.95. The molecule has 1 atom stereocenters. The van der Waals surface area contributed by atoms with Gasteiger partial charge < -0.3 is 4.74 Å². The van der Waals surface area contributed by atoms with E-state index in [1.807, 2.05) is 6.08 Å². The van der Waals surface area contributed by atoms with E-state index in [1.165, 1.54) is 44.9 Å². The standard InChI is InChI=1S/C20H33F3O/c1-2-24-15-19(20(21,22)23)10-6-7-16-11-13-18(14-12-16)17-8-4-3-5-9-17/h6-7,16-19H,2-5,8-15H2,1H3. The van der Waals surface area contributed by atoms with Crippen LogP contribution in [0.15, 0.2) is 12.2 Å². The maximum Gasteiger partial charge on any atom is 0.394 e. The fourth-order valence-electron chi connectivity index (χ4n) is 4.41. The highest BCUT2D eigenvalue weighted by Gasteiger charge is 2.38. The average molecular weight is 346 g/mol. The maximum absolute atomic E-state index is 13.0. The number of alkyl halides is 3. The third-order valence-electron chi connectivity index (χ3n) is 5.95. The minimum absolute atomic E-state index is 0.0477. The van der Waals surface area contributed by atoms with Crippen LogP contribution in [0.3, 0.4) is 0 Å². The van der Waals surface area contributed by atoms with E-state index in [9.17, 15) is 13.2 Å². The molecule has 0 saturated heterocycles. The Morgan fingerprint density at radius 2 is 1.58 bits per heavy atom. The number of allylic oxidation sites excluding steroid dienone is 2. The molecular weight excluding hydrogens is 313 g/mol. The van der Waals surface area contributed by atoms with Crippen LogP contribution in [0.4, 0.5) is 13.2 Å². The number of hydrogen-bond donors (Lipinski definition) is 0. The summed E-state index contributed by atoms with van der Waals surface area (Å²) in [5.74, 6) is 0.901. The van der Waals surface area contributed by atoms with Crippen LogP contribution in [0.1, 0.15) is 71.1 Å². The smallest absolute Gasteiger partial charge is 0.381 e. The molecule has 1 nitrogen and oxygen atoms in total. The fraction of sp³-hybridized carbons (Fsp3) is 0.900. The van der Waals surface area contributed by atoms with Crippen LogP contribution in [-0.4, -0.2) is 19.4 Å². The number of ether oxygens (including phenoxy) is 1. The van der Waals surface area contributed by atoms with Gasteiger partial charge in [0.25, 0.3) is 0 Å². The number of hydrogen-bond acceptors (Lipinski definition) is 1. The van der Waals surface area contributed by atoms with E-state index in [4.69, 9.17) is 4.74 Å². The minimum Gasteiger partial charge on any atom is -0.381 e. The van der Waals surface area contributed by atoms with Gasteiger partial charge in [-0.1, -0.05) is 44.3 Å². The molecule has 0 aromatic rings. The second-order valence-electron chi connectivity index (χ2n) is 7.63. The zero-order chi connectivity index (χ0) is 17.4. The van der Waals surface area contributed by atoms with Gasteiger partial charge in [-0.05, 0) is 56.8 Å². The van der Waals surface area contributed by atoms with Crippen molar-refractivity contribution in [2.45, 2.75) is 77.3 Å². The predicted octanol–water partition coefficient (Wildman–Crippen LogP) is 6.53. The van der Waals surface area contributed by atoms with E-state index >= 15 is 0 Å². The first kappa shape index (κ1) is 19.8. The Labute approximate surface area is 145 Å². The van der Waals surface area contributed by atoms with Gasteiger partial charge in [0.15, 0.2) is 0 Å². The molecule has 0 radical (unpaired) electrons. The molecule has 0 aromatic carbocycles. The monoisotopic (exact) mass is 346 g/mol. The van der Waals surface area contributed by atoms with Crippen molar-refractivity contribution in [3.05, 3.63) is 12.2 Å². The van der Waals surface area contributed by atoms with Gasteiger partial charge >= 0.3 is 6.18 Å². The van der Waals surface area contributed by atoms with Crippen molar-refractivity contribution in [1.29, 1.82) is 0 Å². The summed E-state index contributed by atoms with van der Waals surface area (Å²) >= 11 is 0. The Hall–Kier alpha value is -0.510. The fourth-order valence-corrected chi connectivity index (χ4v) is 4.41. The van der Waals surface area contributed by atoms with Gasteiger partial charge in [-0.2, -0.15) is 13.2 Å². The lowest BCUT2D eigenvalue weighted by Gasteiger charge is -2.35. The van der Waals surface area contributed by atoms with Crippen LogP contribution in [0.2, 0.25) is 0 Å². The molecule has 2 fully saturated rings. The molecule has 2 aliphatic rings. The Morgan fingerprint density at radius 1 is 0.958 bits per heavy atom. The van der Waals surface area contributed by atoms with Crippen LogP contribution >= 0.6 is 0 Å². The van der Waals surface area contributed by atoms with Crippen molar-refractivity contribution in [2.75, 3.05) is 13.2 Å². The first-order valence-electron chi connectivity index (χ1n) is 9.81. The summed E-state index contributed by atoms with van der Waals surface area (Å²) in [7, 11) is 0. The lowest BCUT2D eigenvalue weighted by atomic mass is 9.71. The average Bonchev–Trinajstić information content (AvgIpc) is 2.58.